The van der Waals surface area contributed by atoms with Crippen molar-refractivity contribution < 1.29 is 23.1 Å². The predicted molar refractivity (Wildman–Crippen MR) is 116 cm³/mol. The van der Waals surface area contributed by atoms with E-state index < -0.39 is 5.82 Å². The van der Waals surface area contributed by atoms with E-state index in [0.29, 0.717) is 42.1 Å². The van der Waals surface area contributed by atoms with E-state index in [4.69, 9.17) is 9.15 Å². The third-order valence-electron chi connectivity index (χ3n) is 5.01. The smallest absolute Gasteiger partial charge is 0.268 e. The van der Waals surface area contributed by atoms with Gasteiger partial charge in [-0.25, -0.2) is 4.39 Å². The molecule has 0 saturated carbocycles. The van der Waals surface area contributed by atoms with Gasteiger partial charge in [0.2, 0.25) is 5.75 Å². The lowest BCUT2D eigenvalue weighted by Crippen LogP contribution is -2.44. The summed E-state index contributed by atoms with van der Waals surface area (Å²) in [6, 6.07) is 6.22. The van der Waals surface area contributed by atoms with Gasteiger partial charge in [-0.3, -0.25) is 4.79 Å². The fraction of sp³-hybridized carbons (Fsp3) is 0.304. The highest BCUT2D eigenvalue weighted by Crippen LogP contribution is 2.38. The van der Waals surface area contributed by atoms with Crippen LogP contribution in [0, 0.1) is 11.0 Å². The number of hydrogen-bond donors (Lipinski definition) is 1. The van der Waals surface area contributed by atoms with Crippen LogP contribution in [-0.2, 0) is 0 Å². The molecule has 7 nitrogen and oxygen atoms in total. The molecule has 162 valence electrons. The molecular weight excluding hydrogens is 401 g/mol. The maximum absolute atomic E-state index is 15.2. The zero-order chi connectivity index (χ0) is 22.0. The maximum Gasteiger partial charge on any atom is 0.268 e. The molecule has 1 aliphatic rings. The molecule has 1 N–H and O–H groups in total. The molecule has 0 bridgehead atoms. The number of benzene rings is 1. The van der Waals surface area contributed by atoms with E-state index in [1.165, 1.54) is 36.7 Å². The van der Waals surface area contributed by atoms with Crippen LogP contribution in [0.4, 0.5) is 10.1 Å². The van der Waals surface area contributed by atoms with E-state index >= 15 is 4.39 Å². The lowest BCUT2D eigenvalue weighted by molar-refractivity contribution is -0.577. The number of allylic oxidation sites excluding steroid dienone is 1. The molecular formula is C23H24FN3O4. The monoisotopic (exact) mass is 425 g/mol. The first-order valence-electron chi connectivity index (χ1n) is 10.2. The molecule has 31 heavy (non-hydrogen) atoms. The van der Waals surface area contributed by atoms with E-state index in [-0.39, 0.29) is 34.4 Å². The van der Waals surface area contributed by atoms with Gasteiger partial charge in [-0.1, -0.05) is 0 Å². The molecule has 2 aromatic heterocycles. The van der Waals surface area contributed by atoms with Crippen molar-refractivity contribution in [2.45, 2.75) is 20.0 Å². The van der Waals surface area contributed by atoms with Gasteiger partial charge in [-0.05, 0) is 50.3 Å². The number of nitrogens with one attached hydrogen (secondary N) is 1. The highest BCUT2D eigenvalue weighted by Gasteiger charge is 2.28. The van der Waals surface area contributed by atoms with Crippen LogP contribution >= 0.6 is 0 Å². The van der Waals surface area contributed by atoms with Crippen molar-refractivity contribution in [2.24, 2.45) is 0 Å². The summed E-state index contributed by atoms with van der Waals surface area (Å²) in [7, 11) is 0. The summed E-state index contributed by atoms with van der Waals surface area (Å²) < 4.78 is 26.9. The predicted octanol–water partition coefficient (Wildman–Crippen LogP) is 3.30. The van der Waals surface area contributed by atoms with Gasteiger partial charge in [0.05, 0.1) is 23.3 Å². The van der Waals surface area contributed by atoms with E-state index in [2.05, 4.69) is 5.32 Å². The van der Waals surface area contributed by atoms with Crippen molar-refractivity contribution in [1.29, 1.82) is 0 Å². The highest BCUT2D eigenvalue weighted by atomic mass is 19.1. The van der Waals surface area contributed by atoms with Crippen LogP contribution in [0.5, 0.6) is 5.75 Å². The second-order valence-electron chi connectivity index (χ2n) is 7.65. The Hall–Kier alpha value is -3.39. The van der Waals surface area contributed by atoms with Crippen molar-refractivity contribution in [2.75, 3.05) is 31.1 Å². The van der Waals surface area contributed by atoms with Gasteiger partial charge in [-0.15, -0.1) is 0 Å². The van der Waals surface area contributed by atoms with Crippen molar-refractivity contribution >= 4 is 28.4 Å². The minimum atomic E-state index is -0.485. The van der Waals surface area contributed by atoms with Crippen LogP contribution in [0.1, 0.15) is 30.0 Å². The number of ketones is 1. The van der Waals surface area contributed by atoms with Gasteiger partial charge in [-0.2, -0.15) is 4.73 Å². The number of anilines is 1. The Balaban J connectivity index is 1.80. The second kappa shape index (κ2) is 8.77. The van der Waals surface area contributed by atoms with Crippen molar-refractivity contribution in [3.05, 3.63) is 65.1 Å². The number of ether oxygens (including phenoxy) is 1. The first-order chi connectivity index (χ1) is 14.9. The number of piperazine rings is 1. The van der Waals surface area contributed by atoms with Crippen LogP contribution in [0.15, 0.2) is 47.2 Å². The zero-order valence-corrected chi connectivity index (χ0v) is 17.4. The van der Waals surface area contributed by atoms with Gasteiger partial charge < -0.3 is 24.6 Å². The number of rotatable bonds is 6. The Morgan fingerprint density at radius 2 is 2.13 bits per heavy atom. The topological polar surface area (TPSA) is 81.7 Å². The Labute approximate surface area is 179 Å². The summed E-state index contributed by atoms with van der Waals surface area (Å²) in [5.41, 5.74) is 0.634. The molecule has 1 saturated heterocycles. The Morgan fingerprint density at radius 3 is 2.81 bits per heavy atom. The zero-order valence-electron chi connectivity index (χ0n) is 17.4. The molecule has 0 spiro atoms. The molecule has 0 radical (unpaired) electrons. The van der Waals surface area contributed by atoms with Crippen molar-refractivity contribution in [3.8, 4) is 5.75 Å². The first-order valence-corrected chi connectivity index (χ1v) is 10.2. The van der Waals surface area contributed by atoms with Crippen LogP contribution in [0.3, 0.4) is 0 Å². The van der Waals surface area contributed by atoms with Gasteiger partial charge in [0.25, 0.3) is 5.52 Å². The van der Waals surface area contributed by atoms with E-state index in [1.807, 2.05) is 18.7 Å². The third kappa shape index (κ3) is 4.39. The number of nitrogens with zero attached hydrogens (tertiary/aromatic N) is 2. The number of hydrogen-bond acceptors (Lipinski definition) is 6. The van der Waals surface area contributed by atoms with Crippen molar-refractivity contribution in [3.63, 3.8) is 0 Å². The standard InChI is InChI=1S/C23H24FN3O4/c1-15(2)31-23-21-16(13-19(24)22(23)26-9-7-25-8-10-26)12-17(14-27(21)29)20(28)6-5-18-4-3-11-30-18/h3-6,11-15,25H,7-10H2,1-2H3. The molecule has 4 rings (SSSR count). The molecule has 0 atom stereocenters. The number of halogens is 1. The summed E-state index contributed by atoms with van der Waals surface area (Å²) in [6.45, 7) is 6.28. The molecule has 8 heteroatoms. The average molecular weight is 425 g/mol. The minimum Gasteiger partial charge on any atom is -0.618 e. The SMILES string of the molecule is CC(C)Oc1c(N2CCNCC2)c(F)cc2cc(C(=O)C=Cc3ccco3)c[n+]([O-])c12. The molecule has 0 aliphatic carbocycles. The summed E-state index contributed by atoms with van der Waals surface area (Å²) in [5.74, 6) is -0.155. The molecule has 1 aromatic carbocycles. The van der Waals surface area contributed by atoms with Crippen molar-refractivity contribution in [1.82, 2.24) is 5.32 Å². The molecule has 3 heterocycles. The third-order valence-corrected chi connectivity index (χ3v) is 5.01. The van der Waals surface area contributed by atoms with Crippen LogP contribution < -0.4 is 19.7 Å². The quantitative estimate of drug-likeness (QED) is 0.283. The number of carbonyl (C=O) groups excluding carboxylic acids is 1. The largest absolute Gasteiger partial charge is 0.618 e. The highest BCUT2D eigenvalue weighted by molar-refractivity contribution is 6.08. The van der Waals surface area contributed by atoms with Crippen LogP contribution in [0.2, 0.25) is 0 Å². The number of furan rings is 1. The molecule has 1 aliphatic heterocycles. The average Bonchev–Trinajstić information content (AvgIpc) is 3.25. The lowest BCUT2D eigenvalue weighted by atomic mass is 10.1. The number of fused-ring (bicyclic) bond motifs is 1. The van der Waals surface area contributed by atoms with Gasteiger partial charge >= 0.3 is 0 Å². The van der Waals surface area contributed by atoms with Gasteiger partial charge in [0, 0.05) is 26.2 Å². The second-order valence-corrected chi connectivity index (χ2v) is 7.65. The Morgan fingerprint density at radius 1 is 1.35 bits per heavy atom. The van der Waals surface area contributed by atoms with Crippen LogP contribution in [-0.4, -0.2) is 38.1 Å². The van der Waals surface area contributed by atoms with Crippen LogP contribution in [0.25, 0.3) is 17.0 Å². The fourth-order valence-corrected chi connectivity index (χ4v) is 3.66. The van der Waals surface area contributed by atoms with E-state index in [0.717, 1.165) is 0 Å². The molecule has 0 amide bonds. The maximum atomic E-state index is 15.2. The molecule has 0 unspecified atom stereocenters. The number of pyridine rings is 1. The molecule has 3 aromatic rings. The minimum absolute atomic E-state index is 0.148. The lowest BCUT2D eigenvalue weighted by Gasteiger charge is -2.31. The van der Waals surface area contributed by atoms with Gasteiger partial charge in [0.15, 0.2) is 17.8 Å². The van der Waals surface area contributed by atoms with E-state index in [9.17, 15) is 10.0 Å². The van der Waals surface area contributed by atoms with Gasteiger partial charge in [0.1, 0.15) is 11.4 Å². The fourth-order valence-electron chi connectivity index (χ4n) is 3.66. The number of carbonyl (C=O) groups is 1. The Kier molecular flexibility index (Phi) is 5.90. The normalized spacial score (nSPS) is 14.6. The van der Waals surface area contributed by atoms with E-state index in [1.54, 1.807) is 12.1 Å². The first kappa shape index (κ1) is 20.9. The summed E-state index contributed by atoms with van der Waals surface area (Å²) in [5, 5.41) is 16.5. The summed E-state index contributed by atoms with van der Waals surface area (Å²) in [4.78, 5) is 14.5. The summed E-state index contributed by atoms with van der Waals surface area (Å²) >= 11 is 0. The summed E-state index contributed by atoms with van der Waals surface area (Å²) in [6.07, 6.45) is 5.27. The Bertz CT molecular complexity index is 1120. The number of aromatic nitrogens is 1. The molecule has 1 fully saturated rings.